The Balaban J connectivity index is 1.12. The lowest BCUT2D eigenvalue weighted by molar-refractivity contribution is 0.0147. The molecule has 0 radical (unpaired) electrons. The maximum absolute atomic E-state index is 12.5. The van der Waals surface area contributed by atoms with Crippen LogP contribution in [0.25, 0.3) is 21.5 Å². The minimum atomic E-state index is -1.63. The standard InChI is InChI=1S/C34H36ClN3O4SSi/c1-40-33(39)22-15-21(13-14-44(2,3)4)30-29(16-22)43-34(36-30)38-23-11-12-24(38)18-25(17-23)41-19-27-31(26-7-5-6-8-28(26)35)37-42-32(27)20-9-10-20/h5-8,15-16,20,23-25H,9-12,17-19H2,1-4H3/t23-,24+,25?. The second kappa shape index (κ2) is 11.6. The number of hydrogen-bond donors (Lipinski definition) is 0. The van der Waals surface area contributed by atoms with Crippen molar-refractivity contribution < 1.29 is 18.8 Å². The second-order valence-corrected chi connectivity index (χ2v) is 19.3. The van der Waals surface area contributed by atoms with E-state index in [9.17, 15) is 4.79 Å². The third-order valence-electron chi connectivity index (χ3n) is 8.75. The van der Waals surface area contributed by atoms with Crippen molar-refractivity contribution in [2.24, 2.45) is 0 Å². The zero-order valence-electron chi connectivity index (χ0n) is 25.5. The van der Waals surface area contributed by atoms with E-state index in [-0.39, 0.29) is 12.1 Å². The lowest BCUT2D eigenvalue weighted by Crippen LogP contribution is -2.45. The normalized spacial score (nSPS) is 21.4. The molecule has 4 heterocycles. The molecule has 2 aliphatic heterocycles. The van der Waals surface area contributed by atoms with Crippen LogP contribution in [0, 0.1) is 11.5 Å². The summed E-state index contributed by atoms with van der Waals surface area (Å²) in [5.74, 6) is 4.39. The van der Waals surface area contributed by atoms with Gasteiger partial charge in [-0.25, -0.2) is 9.78 Å². The van der Waals surface area contributed by atoms with Crippen molar-refractivity contribution in [3.05, 3.63) is 63.9 Å². The van der Waals surface area contributed by atoms with Crippen molar-refractivity contribution in [2.75, 3.05) is 12.0 Å². The molecular formula is C34H36ClN3O4SSi. The fraction of sp³-hybridized carbons (Fsp3) is 0.441. The first-order valence-electron chi connectivity index (χ1n) is 15.4. The van der Waals surface area contributed by atoms with Gasteiger partial charge in [0.25, 0.3) is 0 Å². The molecule has 0 spiro atoms. The quantitative estimate of drug-likeness (QED) is 0.114. The molecule has 2 bridgehead atoms. The van der Waals surface area contributed by atoms with Gasteiger partial charge >= 0.3 is 5.97 Å². The van der Waals surface area contributed by atoms with Crippen LogP contribution in [-0.4, -0.2) is 49.5 Å². The van der Waals surface area contributed by atoms with Crippen molar-refractivity contribution in [1.82, 2.24) is 10.1 Å². The lowest BCUT2D eigenvalue weighted by atomic mass is 10.00. The Morgan fingerprint density at radius 1 is 1.14 bits per heavy atom. The van der Waals surface area contributed by atoms with Crippen LogP contribution in [0.2, 0.25) is 24.7 Å². The summed E-state index contributed by atoms with van der Waals surface area (Å²) >= 11 is 8.19. The number of nitrogens with zero attached hydrogens (tertiary/aromatic N) is 3. The number of aromatic nitrogens is 2. The summed E-state index contributed by atoms with van der Waals surface area (Å²) in [7, 11) is -0.216. The molecule has 44 heavy (non-hydrogen) atoms. The highest BCUT2D eigenvalue weighted by molar-refractivity contribution is 7.22. The Kier molecular flexibility index (Phi) is 7.82. The van der Waals surface area contributed by atoms with Crippen LogP contribution < -0.4 is 4.90 Å². The van der Waals surface area contributed by atoms with Crippen molar-refractivity contribution >= 4 is 52.3 Å². The predicted octanol–water partition coefficient (Wildman–Crippen LogP) is 8.21. The second-order valence-electron chi connectivity index (χ2n) is 13.2. The molecule has 10 heteroatoms. The summed E-state index contributed by atoms with van der Waals surface area (Å²) in [4.78, 5) is 20.1. The lowest BCUT2D eigenvalue weighted by Gasteiger charge is -2.38. The Labute approximate surface area is 267 Å². The Hall–Kier alpha value is -3.16. The number of hydrogen-bond acceptors (Lipinski definition) is 8. The highest BCUT2D eigenvalue weighted by atomic mass is 35.5. The highest BCUT2D eigenvalue weighted by Gasteiger charge is 2.43. The third kappa shape index (κ3) is 5.81. The largest absolute Gasteiger partial charge is 0.465 e. The van der Waals surface area contributed by atoms with Crippen LogP contribution in [0.4, 0.5) is 5.13 Å². The molecule has 3 aliphatic rings. The van der Waals surface area contributed by atoms with E-state index >= 15 is 0 Å². The van der Waals surface area contributed by atoms with E-state index < -0.39 is 8.07 Å². The van der Waals surface area contributed by atoms with Crippen LogP contribution in [0.5, 0.6) is 0 Å². The van der Waals surface area contributed by atoms with Gasteiger partial charge in [-0.2, -0.15) is 0 Å². The molecule has 2 aromatic carbocycles. The first-order chi connectivity index (χ1) is 21.2. The van der Waals surface area contributed by atoms with Gasteiger partial charge in [-0.3, -0.25) is 0 Å². The molecule has 0 N–H and O–H groups in total. The minimum Gasteiger partial charge on any atom is -0.465 e. The van der Waals surface area contributed by atoms with E-state index in [1.54, 1.807) is 11.3 Å². The number of carbonyl (C=O) groups is 1. The van der Waals surface area contributed by atoms with Gasteiger partial charge in [0.1, 0.15) is 19.5 Å². The minimum absolute atomic E-state index is 0.142. The topological polar surface area (TPSA) is 77.7 Å². The average molecular weight is 646 g/mol. The number of rotatable bonds is 7. The van der Waals surface area contributed by atoms with Crippen LogP contribution in [0.15, 0.2) is 40.9 Å². The summed E-state index contributed by atoms with van der Waals surface area (Å²) in [6.45, 7) is 7.11. The number of anilines is 1. The van der Waals surface area contributed by atoms with Crippen molar-refractivity contribution in [3.63, 3.8) is 0 Å². The zero-order chi connectivity index (χ0) is 30.6. The van der Waals surface area contributed by atoms with E-state index in [2.05, 4.69) is 41.2 Å². The summed E-state index contributed by atoms with van der Waals surface area (Å²) in [5, 5.41) is 6.12. The SMILES string of the molecule is COC(=O)c1cc(C#C[Si](C)(C)C)c2nc(N3[C@@H]4CC[C@H]3CC(OCc3c(-c5ccccc5Cl)noc3C3CC3)C4)sc2c1. The molecule has 3 fully saturated rings. The molecule has 1 aliphatic carbocycles. The van der Waals surface area contributed by atoms with Crippen molar-refractivity contribution in [1.29, 1.82) is 0 Å². The molecule has 4 aromatic rings. The molecule has 228 valence electrons. The van der Waals surface area contributed by atoms with Gasteiger partial charge < -0.3 is 18.9 Å². The Morgan fingerprint density at radius 2 is 1.89 bits per heavy atom. The van der Waals surface area contributed by atoms with Crippen LogP contribution in [-0.2, 0) is 16.1 Å². The fourth-order valence-corrected chi connectivity index (χ4v) is 8.39. The molecule has 1 unspecified atom stereocenters. The number of esters is 1. The summed E-state index contributed by atoms with van der Waals surface area (Å²) in [5.41, 5.74) is 8.35. The first-order valence-corrected chi connectivity index (χ1v) is 20.1. The number of ether oxygens (including phenoxy) is 2. The van der Waals surface area contributed by atoms with Gasteiger partial charge in [-0.05, 0) is 56.7 Å². The van der Waals surface area contributed by atoms with E-state index in [4.69, 9.17) is 30.6 Å². The molecular weight excluding hydrogens is 610 g/mol. The highest BCUT2D eigenvalue weighted by Crippen LogP contribution is 2.46. The van der Waals surface area contributed by atoms with E-state index in [0.29, 0.717) is 35.2 Å². The van der Waals surface area contributed by atoms with Crippen LogP contribution >= 0.6 is 22.9 Å². The van der Waals surface area contributed by atoms with E-state index in [0.717, 1.165) is 82.0 Å². The monoisotopic (exact) mass is 645 g/mol. The Morgan fingerprint density at radius 3 is 2.57 bits per heavy atom. The molecule has 7 rings (SSSR count). The van der Waals surface area contributed by atoms with Gasteiger partial charge in [0, 0.05) is 29.1 Å². The number of carbonyl (C=O) groups excluding carboxylic acids is 1. The number of methoxy groups -OCH3 is 1. The van der Waals surface area contributed by atoms with Gasteiger partial charge in [0.15, 0.2) is 5.13 Å². The fourth-order valence-electron chi connectivity index (χ4n) is 6.48. The average Bonchev–Trinajstić information content (AvgIpc) is 3.52. The predicted molar refractivity (Wildman–Crippen MR) is 177 cm³/mol. The van der Waals surface area contributed by atoms with E-state index in [1.807, 2.05) is 36.4 Å². The summed E-state index contributed by atoms with van der Waals surface area (Å²) < 4.78 is 18.5. The van der Waals surface area contributed by atoms with Gasteiger partial charge in [0.2, 0.25) is 0 Å². The Bertz CT molecular complexity index is 1780. The number of halogens is 1. The number of benzene rings is 2. The smallest absolute Gasteiger partial charge is 0.337 e. The van der Waals surface area contributed by atoms with Gasteiger partial charge in [-0.1, -0.05) is 71.9 Å². The number of fused-ring (bicyclic) bond motifs is 3. The van der Waals surface area contributed by atoms with Crippen molar-refractivity contribution in [2.45, 2.75) is 88.9 Å². The number of piperidine rings is 1. The summed E-state index contributed by atoms with van der Waals surface area (Å²) in [6, 6.07) is 12.2. The third-order valence-corrected chi connectivity index (χ3v) is 11.0. The van der Waals surface area contributed by atoms with Crippen molar-refractivity contribution in [3.8, 4) is 22.7 Å². The summed E-state index contributed by atoms with van der Waals surface area (Å²) in [6.07, 6.45) is 6.50. The molecule has 1 saturated carbocycles. The van der Waals surface area contributed by atoms with Gasteiger partial charge in [0.05, 0.1) is 46.2 Å². The molecule has 3 atom stereocenters. The maximum Gasteiger partial charge on any atom is 0.337 e. The molecule has 0 amide bonds. The van der Waals surface area contributed by atoms with Gasteiger partial charge in [-0.15, -0.1) is 5.54 Å². The van der Waals surface area contributed by atoms with Crippen LogP contribution in [0.1, 0.15) is 71.7 Å². The van der Waals surface area contributed by atoms with Crippen LogP contribution in [0.3, 0.4) is 0 Å². The molecule has 2 aromatic heterocycles. The van der Waals surface area contributed by atoms with E-state index in [1.165, 1.54) is 7.11 Å². The molecule has 2 saturated heterocycles. The zero-order valence-corrected chi connectivity index (χ0v) is 28.1. The first kappa shape index (κ1) is 29.5. The number of thiazole rings is 1. The molecule has 7 nitrogen and oxygen atoms in total. The maximum atomic E-state index is 12.5.